The highest BCUT2D eigenvalue weighted by molar-refractivity contribution is 7.92. The van der Waals surface area contributed by atoms with E-state index in [1.807, 2.05) is 18.2 Å². The Balaban J connectivity index is 1.66. The number of Topliss-reactive ketones (excluding diaryl/α,β-unsaturated/α-hetero) is 1. The van der Waals surface area contributed by atoms with Crippen LogP contribution in [0.2, 0.25) is 0 Å². The lowest BCUT2D eigenvalue weighted by Crippen LogP contribution is -2.31. The largest absolute Gasteiger partial charge is 0.457 e. The Kier molecular flexibility index (Phi) is 5.13. The normalized spacial score (nSPS) is 19.2. The molecule has 0 spiro atoms. The maximum atomic E-state index is 12.5. The minimum Gasteiger partial charge on any atom is -0.457 e. The number of sulfone groups is 1. The highest BCUT2D eigenvalue weighted by Crippen LogP contribution is 2.25. The van der Waals surface area contributed by atoms with Crippen molar-refractivity contribution in [3.05, 3.63) is 54.6 Å². The molecule has 0 aliphatic carbocycles. The molecule has 1 fully saturated rings. The van der Waals surface area contributed by atoms with Crippen molar-refractivity contribution in [1.82, 2.24) is 0 Å². The molecule has 0 saturated carbocycles. The van der Waals surface area contributed by atoms with Crippen LogP contribution in [-0.4, -0.2) is 38.5 Å². The molecule has 1 aliphatic heterocycles. The highest BCUT2D eigenvalue weighted by atomic mass is 32.2. The molecule has 2 aromatic carbocycles. The van der Waals surface area contributed by atoms with Gasteiger partial charge in [-0.3, -0.25) is 4.79 Å². The molecule has 1 atom stereocenters. The maximum Gasteiger partial charge on any atom is 0.185 e. The third kappa shape index (κ3) is 4.49. The van der Waals surface area contributed by atoms with Gasteiger partial charge in [0.05, 0.1) is 11.5 Å². The molecule has 6 nitrogen and oxygen atoms in total. The van der Waals surface area contributed by atoms with Crippen molar-refractivity contribution in [2.45, 2.75) is 30.6 Å². The first kappa shape index (κ1) is 18.6. The molecule has 138 valence electrons. The van der Waals surface area contributed by atoms with Crippen LogP contribution in [-0.2, 0) is 24.1 Å². The summed E-state index contributed by atoms with van der Waals surface area (Å²) in [6, 6.07) is 15.1. The predicted octanol–water partition coefficient (Wildman–Crippen LogP) is 2.97. The molecule has 0 N–H and O–H groups in total. The van der Waals surface area contributed by atoms with Crippen LogP contribution < -0.4 is 4.74 Å². The second kappa shape index (κ2) is 7.19. The Morgan fingerprint density at radius 1 is 1.08 bits per heavy atom. The van der Waals surface area contributed by atoms with Gasteiger partial charge in [-0.15, -0.1) is 0 Å². The van der Waals surface area contributed by atoms with Gasteiger partial charge in [-0.1, -0.05) is 18.2 Å². The molecular weight excluding hydrogens is 356 g/mol. The van der Waals surface area contributed by atoms with Gasteiger partial charge in [0.15, 0.2) is 21.4 Å². The molecule has 7 heteroatoms. The number of ether oxygens (including phenoxy) is 3. The number of para-hydroxylation sites is 1. The van der Waals surface area contributed by atoms with Gasteiger partial charge in [-0.25, -0.2) is 8.42 Å². The first-order valence-corrected chi connectivity index (χ1v) is 9.81. The number of carbonyl (C=O) groups is 1. The van der Waals surface area contributed by atoms with Crippen LogP contribution in [0.25, 0.3) is 0 Å². The third-order valence-corrected chi connectivity index (χ3v) is 5.52. The van der Waals surface area contributed by atoms with Gasteiger partial charge in [-0.05, 0) is 50.2 Å². The lowest BCUT2D eigenvalue weighted by molar-refractivity contribution is -0.150. The SMILES string of the molecule is CC1(C)OC[C@H](C(=O)CS(=O)(=O)c2ccc(Oc3ccccc3)cc2)O1. The first-order valence-electron chi connectivity index (χ1n) is 8.15. The minimum atomic E-state index is -3.76. The van der Waals surface area contributed by atoms with E-state index in [4.69, 9.17) is 14.2 Å². The molecule has 26 heavy (non-hydrogen) atoms. The van der Waals surface area contributed by atoms with Crippen molar-refractivity contribution in [1.29, 1.82) is 0 Å². The maximum absolute atomic E-state index is 12.5. The molecule has 0 unspecified atom stereocenters. The van der Waals surface area contributed by atoms with Gasteiger partial charge in [0.2, 0.25) is 0 Å². The Morgan fingerprint density at radius 2 is 1.69 bits per heavy atom. The monoisotopic (exact) mass is 376 g/mol. The van der Waals surface area contributed by atoms with E-state index >= 15 is 0 Å². The highest BCUT2D eigenvalue weighted by Gasteiger charge is 2.38. The zero-order valence-corrected chi connectivity index (χ0v) is 15.4. The molecule has 2 aromatic rings. The molecule has 1 heterocycles. The molecule has 0 bridgehead atoms. The zero-order valence-electron chi connectivity index (χ0n) is 14.5. The number of rotatable bonds is 6. The van der Waals surface area contributed by atoms with Crippen LogP contribution >= 0.6 is 0 Å². The number of hydrogen-bond acceptors (Lipinski definition) is 6. The summed E-state index contributed by atoms with van der Waals surface area (Å²) in [4.78, 5) is 12.3. The summed E-state index contributed by atoms with van der Waals surface area (Å²) >= 11 is 0. The second-order valence-corrected chi connectivity index (χ2v) is 8.42. The van der Waals surface area contributed by atoms with Crippen LogP contribution in [0.15, 0.2) is 59.5 Å². The van der Waals surface area contributed by atoms with Crippen molar-refractivity contribution in [2.75, 3.05) is 12.4 Å². The average molecular weight is 376 g/mol. The summed E-state index contributed by atoms with van der Waals surface area (Å²) < 4.78 is 41.3. The first-order chi connectivity index (χ1) is 12.3. The number of carbonyl (C=O) groups excluding carboxylic acids is 1. The number of ketones is 1. The van der Waals surface area contributed by atoms with Crippen molar-refractivity contribution in [2.24, 2.45) is 0 Å². The standard InChI is InChI=1S/C19H20O6S/c1-19(2)23-12-18(25-19)17(20)13-26(21,22)16-10-8-15(9-11-16)24-14-6-4-3-5-7-14/h3-11,18H,12-13H2,1-2H3/t18-/m1/s1. The summed E-state index contributed by atoms with van der Waals surface area (Å²) in [5, 5.41) is 0. The Bertz CT molecular complexity index is 872. The molecule has 0 amide bonds. The quantitative estimate of drug-likeness (QED) is 0.771. The molecular formula is C19H20O6S. The molecule has 0 radical (unpaired) electrons. The van der Waals surface area contributed by atoms with Gasteiger partial charge in [0, 0.05) is 0 Å². The lowest BCUT2D eigenvalue weighted by Gasteiger charge is -2.16. The molecule has 1 aliphatic rings. The molecule has 0 aromatic heterocycles. The van der Waals surface area contributed by atoms with Crippen molar-refractivity contribution < 1.29 is 27.4 Å². The predicted molar refractivity (Wildman–Crippen MR) is 94.9 cm³/mol. The van der Waals surface area contributed by atoms with Gasteiger partial charge < -0.3 is 14.2 Å². The van der Waals surface area contributed by atoms with Crippen LogP contribution in [0.1, 0.15) is 13.8 Å². The van der Waals surface area contributed by atoms with E-state index in [0.717, 1.165) is 0 Å². The van der Waals surface area contributed by atoms with E-state index in [0.29, 0.717) is 11.5 Å². The summed E-state index contributed by atoms with van der Waals surface area (Å²) in [6.45, 7) is 3.42. The molecule has 3 rings (SSSR count). The summed E-state index contributed by atoms with van der Waals surface area (Å²) in [5.74, 6) is -0.855. The molecule has 1 saturated heterocycles. The van der Waals surface area contributed by atoms with Crippen molar-refractivity contribution in [3.63, 3.8) is 0 Å². The van der Waals surface area contributed by atoms with E-state index in [-0.39, 0.29) is 11.5 Å². The summed E-state index contributed by atoms with van der Waals surface area (Å²) in [6.07, 6.45) is -0.861. The Hall–Kier alpha value is -2.22. The fraction of sp³-hybridized carbons (Fsp3) is 0.316. The Morgan fingerprint density at radius 3 is 2.27 bits per heavy atom. The smallest absolute Gasteiger partial charge is 0.185 e. The van der Waals surface area contributed by atoms with Crippen LogP contribution in [0.4, 0.5) is 0 Å². The van der Waals surface area contributed by atoms with Crippen LogP contribution in [0.5, 0.6) is 11.5 Å². The summed E-state index contributed by atoms with van der Waals surface area (Å²) in [7, 11) is -3.76. The van der Waals surface area contributed by atoms with Gasteiger partial charge >= 0.3 is 0 Å². The minimum absolute atomic E-state index is 0.0597. The fourth-order valence-electron chi connectivity index (χ4n) is 2.55. The van der Waals surface area contributed by atoms with Gasteiger partial charge in [0.25, 0.3) is 0 Å². The number of hydrogen-bond donors (Lipinski definition) is 0. The van der Waals surface area contributed by atoms with E-state index in [1.54, 1.807) is 38.1 Å². The average Bonchev–Trinajstić information content (AvgIpc) is 2.96. The third-order valence-electron chi connectivity index (χ3n) is 3.86. The van der Waals surface area contributed by atoms with Crippen LogP contribution in [0.3, 0.4) is 0 Å². The van der Waals surface area contributed by atoms with E-state index in [9.17, 15) is 13.2 Å². The second-order valence-electron chi connectivity index (χ2n) is 6.43. The zero-order chi connectivity index (χ0) is 18.8. The van der Waals surface area contributed by atoms with Crippen molar-refractivity contribution >= 4 is 15.6 Å². The Labute approximate surface area is 152 Å². The fourth-order valence-corrected chi connectivity index (χ4v) is 3.83. The topological polar surface area (TPSA) is 78.9 Å². The van der Waals surface area contributed by atoms with E-state index in [2.05, 4.69) is 0 Å². The van der Waals surface area contributed by atoms with E-state index in [1.165, 1.54) is 12.1 Å². The summed E-state index contributed by atoms with van der Waals surface area (Å²) in [5.41, 5.74) is 0. The number of benzene rings is 2. The van der Waals surface area contributed by atoms with E-state index < -0.39 is 33.3 Å². The van der Waals surface area contributed by atoms with Crippen molar-refractivity contribution in [3.8, 4) is 11.5 Å². The lowest BCUT2D eigenvalue weighted by atomic mass is 10.3. The van der Waals surface area contributed by atoms with Gasteiger partial charge in [-0.2, -0.15) is 0 Å². The van der Waals surface area contributed by atoms with Crippen LogP contribution in [0, 0.1) is 0 Å². The van der Waals surface area contributed by atoms with Gasteiger partial charge in [0.1, 0.15) is 23.4 Å².